The van der Waals surface area contributed by atoms with Crippen LogP contribution in [0.1, 0.15) is 31.9 Å². The lowest BCUT2D eigenvalue weighted by molar-refractivity contribution is 0.831. The minimum atomic E-state index is 0.878. The number of hydrogen-bond donors (Lipinski definition) is 0. The maximum atomic E-state index is 4.16. The summed E-state index contributed by atoms with van der Waals surface area (Å²) in [6.45, 7) is 7.07. The van der Waals surface area contributed by atoms with E-state index in [9.17, 15) is 0 Å². The zero-order valence-electron chi connectivity index (χ0n) is 12.5. The standard InChI is InChI=1S/C16H16N2.C2H6/c1-2-13-5-6-16-15(10-13)7-9-18(16)12-14-4-3-8-17-11-14;1-2/h3-11H,2,12H2,1H3;1-2H3. The zero-order chi connectivity index (χ0) is 14.4. The number of fused-ring (bicyclic) bond motifs is 1. The number of aromatic nitrogens is 2. The van der Waals surface area contributed by atoms with Crippen LogP contribution in [-0.2, 0) is 13.0 Å². The van der Waals surface area contributed by atoms with E-state index in [0.717, 1.165) is 13.0 Å². The number of rotatable bonds is 3. The predicted molar refractivity (Wildman–Crippen MR) is 86.0 cm³/mol. The van der Waals surface area contributed by atoms with Crippen molar-refractivity contribution in [3.05, 3.63) is 66.1 Å². The molecule has 0 N–H and O–H groups in total. The van der Waals surface area contributed by atoms with Crippen LogP contribution in [-0.4, -0.2) is 9.55 Å². The Morgan fingerprint density at radius 1 is 1.05 bits per heavy atom. The molecule has 3 rings (SSSR count). The molecular weight excluding hydrogens is 244 g/mol. The van der Waals surface area contributed by atoms with Gasteiger partial charge in [0.25, 0.3) is 0 Å². The van der Waals surface area contributed by atoms with E-state index in [1.54, 1.807) is 0 Å². The van der Waals surface area contributed by atoms with Crippen molar-refractivity contribution in [3.63, 3.8) is 0 Å². The molecule has 0 aliphatic carbocycles. The highest BCUT2D eigenvalue weighted by molar-refractivity contribution is 5.81. The molecule has 0 saturated heterocycles. The monoisotopic (exact) mass is 266 g/mol. The fraction of sp³-hybridized carbons (Fsp3) is 0.278. The van der Waals surface area contributed by atoms with Crippen molar-refractivity contribution in [1.29, 1.82) is 0 Å². The Bertz CT molecular complexity index is 653. The van der Waals surface area contributed by atoms with Gasteiger partial charge in [0.1, 0.15) is 0 Å². The first-order chi connectivity index (χ1) is 9.86. The van der Waals surface area contributed by atoms with Crippen molar-refractivity contribution < 1.29 is 0 Å². The van der Waals surface area contributed by atoms with E-state index >= 15 is 0 Å². The van der Waals surface area contributed by atoms with E-state index in [1.165, 1.54) is 22.0 Å². The Kier molecular flexibility index (Phi) is 4.94. The van der Waals surface area contributed by atoms with Crippen LogP contribution in [0.15, 0.2) is 55.0 Å². The van der Waals surface area contributed by atoms with Crippen LogP contribution in [0.4, 0.5) is 0 Å². The van der Waals surface area contributed by atoms with Crippen molar-refractivity contribution in [2.45, 2.75) is 33.7 Å². The molecule has 0 bridgehead atoms. The molecule has 104 valence electrons. The van der Waals surface area contributed by atoms with E-state index in [0.29, 0.717) is 0 Å². The molecule has 0 atom stereocenters. The Labute approximate surface area is 121 Å². The van der Waals surface area contributed by atoms with Crippen LogP contribution in [0.2, 0.25) is 0 Å². The molecule has 1 aromatic carbocycles. The molecule has 0 unspecified atom stereocenters. The van der Waals surface area contributed by atoms with Crippen molar-refractivity contribution in [2.75, 3.05) is 0 Å². The van der Waals surface area contributed by atoms with Crippen molar-refractivity contribution in [1.82, 2.24) is 9.55 Å². The van der Waals surface area contributed by atoms with Gasteiger partial charge in [0.15, 0.2) is 0 Å². The highest BCUT2D eigenvalue weighted by Crippen LogP contribution is 2.19. The van der Waals surface area contributed by atoms with Crippen LogP contribution in [0, 0.1) is 0 Å². The van der Waals surface area contributed by atoms with Gasteiger partial charge in [-0.2, -0.15) is 0 Å². The summed E-state index contributed by atoms with van der Waals surface area (Å²) < 4.78 is 2.27. The van der Waals surface area contributed by atoms with Crippen molar-refractivity contribution >= 4 is 10.9 Å². The average Bonchev–Trinajstić information content (AvgIpc) is 2.92. The summed E-state index contributed by atoms with van der Waals surface area (Å²) in [6, 6.07) is 13.0. The van der Waals surface area contributed by atoms with Gasteiger partial charge in [0, 0.05) is 30.7 Å². The predicted octanol–water partition coefficient (Wildman–Crippen LogP) is 4.67. The van der Waals surface area contributed by atoms with Crippen molar-refractivity contribution in [3.8, 4) is 0 Å². The molecule has 0 aliphatic heterocycles. The second-order valence-electron chi connectivity index (χ2n) is 4.55. The molecule has 0 radical (unpaired) electrons. The molecule has 3 aromatic rings. The highest BCUT2D eigenvalue weighted by Gasteiger charge is 2.02. The molecule has 2 nitrogen and oxygen atoms in total. The lowest BCUT2D eigenvalue weighted by Crippen LogP contribution is -1.97. The first-order valence-electron chi connectivity index (χ1n) is 7.33. The quantitative estimate of drug-likeness (QED) is 0.673. The van der Waals surface area contributed by atoms with Crippen LogP contribution in [0.5, 0.6) is 0 Å². The number of aryl methyl sites for hydroxylation is 1. The summed E-state index contributed by atoms with van der Waals surface area (Å²) in [5, 5.41) is 1.32. The molecular formula is C18H22N2. The van der Waals surface area contributed by atoms with Crippen molar-refractivity contribution in [2.24, 2.45) is 0 Å². The summed E-state index contributed by atoms with van der Waals surface area (Å²) in [4.78, 5) is 4.16. The number of pyridine rings is 1. The highest BCUT2D eigenvalue weighted by atomic mass is 15.0. The van der Waals surface area contributed by atoms with Gasteiger partial charge in [0.2, 0.25) is 0 Å². The van der Waals surface area contributed by atoms with Gasteiger partial charge < -0.3 is 4.57 Å². The fourth-order valence-electron chi connectivity index (χ4n) is 2.30. The zero-order valence-corrected chi connectivity index (χ0v) is 12.5. The second kappa shape index (κ2) is 6.90. The maximum Gasteiger partial charge on any atom is 0.0491 e. The number of benzene rings is 1. The van der Waals surface area contributed by atoms with Gasteiger partial charge in [-0.3, -0.25) is 4.98 Å². The van der Waals surface area contributed by atoms with Gasteiger partial charge in [0.05, 0.1) is 0 Å². The molecule has 0 saturated carbocycles. The van der Waals surface area contributed by atoms with E-state index in [1.807, 2.05) is 32.3 Å². The van der Waals surface area contributed by atoms with E-state index in [4.69, 9.17) is 0 Å². The summed E-state index contributed by atoms with van der Waals surface area (Å²) >= 11 is 0. The normalized spacial score (nSPS) is 10.2. The third-order valence-electron chi connectivity index (χ3n) is 3.32. The minimum Gasteiger partial charge on any atom is -0.343 e. The molecule has 2 aromatic heterocycles. The van der Waals surface area contributed by atoms with Crippen LogP contribution in [0.3, 0.4) is 0 Å². The van der Waals surface area contributed by atoms with Gasteiger partial charge in [-0.15, -0.1) is 0 Å². The van der Waals surface area contributed by atoms with E-state index in [2.05, 4.69) is 53.0 Å². The Morgan fingerprint density at radius 3 is 2.60 bits per heavy atom. The number of hydrogen-bond acceptors (Lipinski definition) is 1. The minimum absolute atomic E-state index is 0.878. The molecule has 0 spiro atoms. The Hall–Kier alpha value is -2.09. The topological polar surface area (TPSA) is 17.8 Å². The lowest BCUT2D eigenvalue weighted by Gasteiger charge is -2.05. The molecule has 2 heterocycles. The van der Waals surface area contributed by atoms with Gasteiger partial charge in [-0.05, 0) is 47.2 Å². The SMILES string of the molecule is CC.CCc1ccc2c(ccn2Cc2cccnc2)c1. The Balaban J connectivity index is 0.000000704. The van der Waals surface area contributed by atoms with Gasteiger partial charge in [-0.25, -0.2) is 0 Å². The average molecular weight is 266 g/mol. The first-order valence-corrected chi connectivity index (χ1v) is 7.33. The van der Waals surface area contributed by atoms with Gasteiger partial charge in [-0.1, -0.05) is 32.9 Å². The third kappa shape index (κ3) is 3.08. The second-order valence-corrected chi connectivity index (χ2v) is 4.55. The summed E-state index contributed by atoms with van der Waals surface area (Å²) in [6.07, 6.45) is 6.97. The molecule has 0 fully saturated rings. The van der Waals surface area contributed by atoms with Crippen LogP contribution in [0.25, 0.3) is 10.9 Å². The van der Waals surface area contributed by atoms with Crippen LogP contribution >= 0.6 is 0 Å². The first kappa shape index (κ1) is 14.3. The van der Waals surface area contributed by atoms with E-state index in [-0.39, 0.29) is 0 Å². The van der Waals surface area contributed by atoms with Crippen LogP contribution < -0.4 is 0 Å². The maximum absolute atomic E-state index is 4.16. The smallest absolute Gasteiger partial charge is 0.0491 e. The third-order valence-corrected chi connectivity index (χ3v) is 3.32. The largest absolute Gasteiger partial charge is 0.343 e. The van der Waals surface area contributed by atoms with E-state index < -0.39 is 0 Å². The molecule has 2 heteroatoms. The van der Waals surface area contributed by atoms with Gasteiger partial charge >= 0.3 is 0 Å². The molecule has 20 heavy (non-hydrogen) atoms. The lowest BCUT2D eigenvalue weighted by atomic mass is 10.1. The summed E-state index contributed by atoms with van der Waals surface area (Å²) in [7, 11) is 0. The fourth-order valence-corrected chi connectivity index (χ4v) is 2.30. The number of nitrogens with zero attached hydrogens (tertiary/aromatic N) is 2. The molecule has 0 amide bonds. The molecule has 0 aliphatic rings. The summed E-state index contributed by atoms with van der Waals surface area (Å²) in [5.41, 5.74) is 3.91. The summed E-state index contributed by atoms with van der Waals surface area (Å²) in [5.74, 6) is 0. The Morgan fingerprint density at radius 2 is 1.90 bits per heavy atom.